The van der Waals surface area contributed by atoms with Gasteiger partial charge in [-0.15, -0.1) is 11.3 Å². The summed E-state index contributed by atoms with van der Waals surface area (Å²) in [6.45, 7) is 4.96. The molecule has 0 fully saturated rings. The number of nitrogens with one attached hydrogen (secondary N) is 2. The van der Waals surface area contributed by atoms with Crippen molar-refractivity contribution in [1.29, 1.82) is 0 Å². The van der Waals surface area contributed by atoms with Crippen LogP contribution in [0, 0.1) is 0 Å². The number of rotatable bonds is 6. The normalized spacial score (nSPS) is 11.9. The van der Waals surface area contributed by atoms with Crippen molar-refractivity contribution in [3.8, 4) is 0 Å². The molecule has 0 aliphatic rings. The molecule has 106 valence electrons. The molecule has 0 spiro atoms. The molecule has 2 aromatic rings. The molecule has 0 radical (unpaired) electrons. The third kappa shape index (κ3) is 4.10. The van der Waals surface area contributed by atoms with Gasteiger partial charge in [0.05, 0.1) is 0 Å². The summed E-state index contributed by atoms with van der Waals surface area (Å²) in [5, 5.41) is 8.31. The van der Waals surface area contributed by atoms with E-state index >= 15 is 0 Å². The third-order valence-electron chi connectivity index (χ3n) is 2.99. The van der Waals surface area contributed by atoms with Gasteiger partial charge in [-0.05, 0) is 49.6 Å². The summed E-state index contributed by atoms with van der Waals surface area (Å²) in [4.78, 5) is 13.4. The van der Waals surface area contributed by atoms with E-state index in [0.29, 0.717) is 5.56 Å². The van der Waals surface area contributed by atoms with E-state index in [1.54, 1.807) is 11.3 Å². The highest BCUT2D eigenvalue weighted by atomic mass is 32.1. The topological polar surface area (TPSA) is 41.1 Å². The fraction of sp³-hybridized carbons (Fsp3) is 0.312. The maximum atomic E-state index is 12.1. The number of amides is 1. The molecule has 0 bridgehead atoms. The van der Waals surface area contributed by atoms with E-state index in [4.69, 9.17) is 0 Å². The van der Waals surface area contributed by atoms with Gasteiger partial charge < -0.3 is 10.6 Å². The zero-order chi connectivity index (χ0) is 14.4. The molecule has 0 saturated carbocycles. The quantitative estimate of drug-likeness (QED) is 0.853. The van der Waals surface area contributed by atoms with E-state index in [1.165, 1.54) is 4.88 Å². The molecule has 4 heteroatoms. The lowest BCUT2D eigenvalue weighted by Gasteiger charge is -2.13. The van der Waals surface area contributed by atoms with Crippen molar-refractivity contribution in [1.82, 2.24) is 5.32 Å². The molecule has 3 nitrogen and oxygen atoms in total. The molecule has 0 saturated heterocycles. The maximum absolute atomic E-state index is 12.1. The monoisotopic (exact) mass is 288 g/mol. The second kappa shape index (κ2) is 7.10. The van der Waals surface area contributed by atoms with Gasteiger partial charge in [0, 0.05) is 35.1 Å². The van der Waals surface area contributed by atoms with Crippen LogP contribution in [0.5, 0.6) is 0 Å². The van der Waals surface area contributed by atoms with Crippen LogP contribution in [0.15, 0.2) is 41.8 Å². The van der Waals surface area contributed by atoms with Crippen LogP contribution >= 0.6 is 11.3 Å². The lowest BCUT2D eigenvalue weighted by molar-refractivity contribution is 0.0940. The summed E-state index contributed by atoms with van der Waals surface area (Å²) in [5.41, 5.74) is 1.74. The SMILES string of the molecule is CCNc1ccc(C(=O)NC(C)Cc2cccs2)cc1. The molecule has 2 N–H and O–H groups in total. The van der Waals surface area contributed by atoms with Gasteiger partial charge in [0.1, 0.15) is 0 Å². The van der Waals surface area contributed by atoms with Crippen LogP contribution < -0.4 is 10.6 Å². The average molecular weight is 288 g/mol. The molecule has 2 rings (SSSR count). The van der Waals surface area contributed by atoms with Crippen LogP contribution in [0.1, 0.15) is 29.1 Å². The molecule has 0 aliphatic carbocycles. The largest absolute Gasteiger partial charge is 0.385 e. The van der Waals surface area contributed by atoms with E-state index < -0.39 is 0 Å². The molecule has 1 amide bonds. The molecule has 1 aromatic carbocycles. The molecule has 1 aromatic heterocycles. The Kier molecular flexibility index (Phi) is 5.18. The molecule has 0 aliphatic heterocycles. The Morgan fingerprint density at radius 3 is 2.60 bits per heavy atom. The van der Waals surface area contributed by atoms with Crippen molar-refractivity contribution in [3.63, 3.8) is 0 Å². The zero-order valence-electron chi connectivity index (χ0n) is 11.8. The summed E-state index contributed by atoms with van der Waals surface area (Å²) < 4.78 is 0. The van der Waals surface area contributed by atoms with Crippen molar-refractivity contribution >= 4 is 22.9 Å². The fourth-order valence-corrected chi connectivity index (χ4v) is 2.87. The van der Waals surface area contributed by atoms with Crippen molar-refractivity contribution in [2.24, 2.45) is 0 Å². The number of hydrogen-bond acceptors (Lipinski definition) is 3. The van der Waals surface area contributed by atoms with Gasteiger partial charge in [-0.3, -0.25) is 4.79 Å². The Labute approximate surface area is 124 Å². The number of anilines is 1. The van der Waals surface area contributed by atoms with Crippen LogP contribution in [0.2, 0.25) is 0 Å². The molecular formula is C16H20N2OS. The minimum Gasteiger partial charge on any atom is -0.385 e. The number of thiophene rings is 1. The van der Waals surface area contributed by atoms with Crippen LogP contribution in [0.25, 0.3) is 0 Å². The molecule has 1 atom stereocenters. The number of carbonyl (C=O) groups excluding carboxylic acids is 1. The number of carbonyl (C=O) groups is 1. The Bertz CT molecular complexity index is 534. The van der Waals surface area contributed by atoms with E-state index in [1.807, 2.05) is 44.2 Å². The first-order valence-corrected chi connectivity index (χ1v) is 7.74. The van der Waals surface area contributed by atoms with Crippen LogP contribution in [0.4, 0.5) is 5.69 Å². The number of hydrogen-bond donors (Lipinski definition) is 2. The summed E-state index contributed by atoms with van der Waals surface area (Å²) in [6, 6.07) is 11.8. The average Bonchev–Trinajstić information content (AvgIpc) is 2.92. The first kappa shape index (κ1) is 14.6. The highest BCUT2D eigenvalue weighted by molar-refractivity contribution is 7.09. The summed E-state index contributed by atoms with van der Waals surface area (Å²) in [6.07, 6.45) is 0.874. The molecule has 1 heterocycles. The Morgan fingerprint density at radius 1 is 1.25 bits per heavy atom. The first-order chi connectivity index (χ1) is 9.69. The first-order valence-electron chi connectivity index (χ1n) is 6.86. The van der Waals surface area contributed by atoms with Gasteiger partial charge in [-0.2, -0.15) is 0 Å². The Hall–Kier alpha value is -1.81. The molecule has 20 heavy (non-hydrogen) atoms. The smallest absolute Gasteiger partial charge is 0.251 e. The third-order valence-corrected chi connectivity index (χ3v) is 3.89. The van der Waals surface area contributed by atoms with Gasteiger partial charge in [0.2, 0.25) is 0 Å². The minimum atomic E-state index is -0.0166. The van der Waals surface area contributed by atoms with E-state index in [2.05, 4.69) is 22.1 Å². The van der Waals surface area contributed by atoms with Crippen LogP contribution in [-0.2, 0) is 6.42 Å². The second-order valence-corrected chi connectivity index (χ2v) is 5.80. The lowest BCUT2D eigenvalue weighted by atomic mass is 10.1. The van der Waals surface area contributed by atoms with Crippen LogP contribution in [0.3, 0.4) is 0 Å². The van der Waals surface area contributed by atoms with Gasteiger partial charge in [0.15, 0.2) is 0 Å². The Morgan fingerprint density at radius 2 is 2.00 bits per heavy atom. The highest BCUT2D eigenvalue weighted by Gasteiger charge is 2.10. The molecular weight excluding hydrogens is 268 g/mol. The van der Waals surface area contributed by atoms with Crippen LogP contribution in [-0.4, -0.2) is 18.5 Å². The predicted octanol–water partition coefficient (Wildman–Crippen LogP) is 3.54. The number of benzene rings is 1. The van der Waals surface area contributed by atoms with E-state index in [0.717, 1.165) is 18.7 Å². The van der Waals surface area contributed by atoms with Crippen molar-refractivity contribution in [2.45, 2.75) is 26.3 Å². The van der Waals surface area contributed by atoms with E-state index in [9.17, 15) is 4.79 Å². The highest BCUT2D eigenvalue weighted by Crippen LogP contribution is 2.12. The molecule has 1 unspecified atom stereocenters. The Balaban J connectivity index is 1.90. The second-order valence-electron chi connectivity index (χ2n) is 4.77. The fourth-order valence-electron chi connectivity index (χ4n) is 2.03. The van der Waals surface area contributed by atoms with Crippen molar-refractivity contribution in [3.05, 3.63) is 52.2 Å². The standard InChI is InChI=1S/C16H20N2OS/c1-3-17-14-8-6-13(7-9-14)16(19)18-12(2)11-15-5-4-10-20-15/h4-10,12,17H,3,11H2,1-2H3,(H,18,19). The zero-order valence-corrected chi connectivity index (χ0v) is 12.7. The van der Waals surface area contributed by atoms with Gasteiger partial charge in [0.25, 0.3) is 5.91 Å². The summed E-state index contributed by atoms with van der Waals surface area (Å²) >= 11 is 1.72. The predicted molar refractivity (Wildman–Crippen MR) is 85.6 cm³/mol. The van der Waals surface area contributed by atoms with Gasteiger partial charge >= 0.3 is 0 Å². The summed E-state index contributed by atoms with van der Waals surface area (Å²) in [5.74, 6) is -0.0166. The lowest BCUT2D eigenvalue weighted by Crippen LogP contribution is -2.33. The van der Waals surface area contributed by atoms with Gasteiger partial charge in [-0.25, -0.2) is 0 Å². The van der Waals surface area contributed by atoms with Crippen molar-refractivity contribution in [2.75, 3.05) is 11.9 Å². The maximum Gasteiger partial charge on any atom is 0.251 e. The van der Waals surface area contributed by atoms with E-state index in [-0.39, 0.29) is 11.9 Å². The van der Waals surface area contributed by atoms with Crippen molar-refractivity contribution < 1.29 is 4.79 Å². The van der Waals surface area contributed by atoms with Gasteiger partial charge in [-0.1, -0.05) is 6.07 Å². The summed E-state index contributed by atoms with van der Waals surface area (Å²) in [7, 11) is 0. The minimum absolute atomic E-state index is 0.0166.